The minimum absolute atomic E-state index is 0. The van der Waals surface area contributed by atoms with Gasteiger partial charge in [-0.05, 0) is 18.8 Å². The molecule has 0 radical (unpaired) electrons. The molecule has 0 saturated carbocycles. The van der Waals surface area contributed by atoms with Gasteiger partial charge in [0.1, 0.15) is 0 Å². The average Bonchev–Trinajstić information content (AvgIpc) is 2.54. The first-order chi connectivity index (χ1) is 7.16. The summed E-state index contributed by atoms with van der Waals surface area (Å²) in [4.78, 5) is 14.0. The van der Waals surface area contributed by atoms with Gasteiger partial charge in [0.2, 0.25) is 5.91 Å². The normalized spacial score (nSPS) is 20.6. The molecule has 2 N–H and O–H groups in total. The van der Waals surface area contributed by atoms with Gasteiger partial charge in [0.05, 0.1) is 6.04 Å². The molecule has 0 aromatic rings. The van der Waals surface area contributed by atoms with Crippen molar-refractivity contribution < 1.29 is 4.79 Å². The van der Waals surface area contributed by atoms with Crippen LogP contribution in [0.25, 0.3) is 0 Å². The highest BCUT2D eigenvalue weighted by atomic mass is 35.5. The molecule has 96 valence electrons. The standard InChI is InChI=1S/C12H24N2O.ClH/c1-3-10(2)11(13)12(15)14-8-6-4-5-7-9-14;/h10-11H,3-9,13H2,1-2H3;1H. The van der Waals surface area contributed by atoms with Crippen molar-refractivity contribution in [1.29, 1.82) is 0 Å². The predicted molar refractivity (Wildman–Crippen MR) is 69.7 cm³/mol. The fraction of sp³-hybridized carbons (Fsp3) is 0.917. The van der Waals surface area contributed by atoms with Crippen molar-refractivity contribution in [1.82, 2.24) is 4.90 Å². The van der Waals surface area contributed by atoms with Crippen molar-refractivity contribution in [2.45, 2.75) is 52.0 Å². The van der Waals surface area contributed by atoms with Gasteiger partial charge in [0, 0.05) is 13.1 Å². The van der Waals surface area contributed by atoms with Crippen LogP contribution in [0.1, 0.15) is 46.0 Å². The molecule has 1 heterocycles. The maximum Gasteiger partial charge on any atom is 0.239 e. The van der Waals surface area contributed by atoms with Crippen LogP contribution < -0.4 is 5.73 Å². The zero-order valence-corrected chi connectivity index (χ0v) is 11.3. The van der Waals surface area contributed by atoms with Crippen LogP contribution in [-0.4, -0.2) is 29.9 Å². The van der Waals surface area contributed by atoms with Crippen molar-refractivity contribution in [3.8, 4) is 0 Å². The van der Waals surface area contributed by atoms with Crippen LogP contribution >= 0.6 is 12.4 Å². The second-order valence-electron chi connectivity index (χ2n) is 4.65. The monoisotopic (exact) mass is 248 g/mol. The van der Waals surface area contributed by atoms with Gasteiger partial charge in [-0.2, -0.15) is 0 Å². The van der Waals surface area contributed by atoms with E-state index in [4.69, 9.17) is 5.73 Å². The molecule has 1 aliphatic heterocycles. The van der Waals surface area contributed by atoms with Crippen LogP contribution in [0.5, 0.6) is 0 Å². The maximum absolute atomic E-state index is 12.1. The third-order valence-corrected chi connectivity index (χ3v) is 3.46. The SMILES string of the molecule is CCC(C)C(N)C(=O)N1CCCCCC1.Cl. The number of hydrogen-bond donors (Lipinski definition) is 1. The number of carbonyl (C=O) groups excluding carboxylic acids is 1. The molecule has 1 saturated heterocycles. The van der Waals surface area contributed by atoms with Gasteiger partial charge in [-0.3, -0.25) is 4.79 Å². The van der Waals surface area contributed by atoms with E-state index in [0.717, 1.165) is 32.4 Å². The molecule has 1 aliphatic rings. The van der Waals surface area contributed by atoms with E-state index in [0.29, 0.717) is 5.92 Å². The van der Waals surface area contributed by atoms with E-state index in [1.807, 2.05) is 4.90 Å². The zero-order chi connectivity index (χ0) is 11.3. The molecule has 4 heteroatoms. The number of nitrogens with zero attached hydrogens (tertiary/aromatic N) is 1. The van der Waals surface area contributed by atoms with Crippen LogP contribution in [0.15, 0.2) is 0 Å². The first kappa shape index (κ1) is 15.7. The third-order valence-electron chi connectivity index (χ3n) is 3.46. The van der Waals surface area contributed by atoms with Crippen molar-refractivity contribution in [2.75, 3.05) is 13.1 Å². The van der Waals surface area contributed by atoms with Gasteiger partial charge in [0.25, 0.3) is 0 Å². The third kappa shape index (κ3) is 4.30. The van der Waals surface area contributed by atoms with Crippen LogP contribution in [0.3, 0.4) is 0 Å². The number of likely N-dealkylation sites (tertiary alicyclic amines) is 1. The number of halogens is 1. The fourth-order valence-corrected chi connectivity index (χ4v) is 2.00. The van der Waals surface area contributed by atoms with Crippen molar-refractivity contribution >= 4 is 18.3 Å². The Morgan fingerprint density at radius 3 is 2.19 bits per heavy atom. The van der Waals surface area contributed by atoms with E-state index in [9.17, 15) is 4.79 Å². The molecule has 0 bridgehead atoms. The number of hydrogen-bond acceptors (Lipinski definition) is 2. The number of amides is 1. The second-order valence-corrected chi connectivity index (χ2v) is 4.65. The Balaban J connectivity index is 0.00000225. The van der Waals surface area contributed by atoms with Crippen molar-refractivity contribution in [2.24, 2.45) is 11.7 Å². The van der Waals surface area contributed by atoms with Crippen LogP contribution in [-0.2, 0) is 4.79 Å². The maximum atomic E-state index is 12.1. The van der Waals surface area contributed by atoms with E-state index in [-0.39, 0.29) is 24.4 Å². The molecule has 0 spiro atoms. The van der Waals surface area contributed by atoms with Gasteiger partial charge >= 0.3 is 0 Å². The quantitative estimate of drug-likeness (QED) is 0.832. The van der Waals surface area contributed by atoms with E-state index >= 15 is 0 Å². The summed E-state index contributed by atoms with van der Waals surface area (Å²) in [5.74, 6) is 0.451. The molecule has 1 amide bonds. The molecule has 16 heavy (non-hydrogen) atoms. The van der Waals surface area contributed by atoms with Crippen LogP contribution in [0, 0.1) is 5.92 Å². The fourth-order valence-electron chi connectivity index (χ4n) is 2.00. The second kappa shape index (κ2) is 7.91. The van der Waals surface area contributed by atoms with E-state index < -0.39 is 0 Å². The van der Waals surface area contributed by atoms with E-state index in [2.05, 4.69) is 13.8 Å². The minimum atomic E-state index is -0.298. The van der Waals surface area contributed by atoms with Crippen molar-refractivity contribution in [3.05, 3.63) is 0 Å². The van der Waals surface area contributed by atoms with Gasteiger partial charge in [-0.25, -0.2) is 0 Å². The highest BCUT2D eigenvalue weighted by Gasteiger charge is 2.25. The molecule has 1 rings (SSSR count). The van der Waals surface area contributed by atoms with Gasteiger partial charge < -0.3 is 10.6 Å². The lowest BCUT2D eigenvalue weighted by Crippen LogP contribution is -2.47. The largest absolute Gasteiger partial charge is 0.341 e. The van der Waals surface area contributed by atoms with Gasteiger partial charge in [0.15, 0.2) is 0 Å². The summed E-state index contributed by atoms with van der Waals surface area (Å²) in [5, 5.41) is 0. The van der Waals surface area contributed by atoms with Crippen molar-refractivity contribution in [3.63, 3.8) is 0 Å². The molecule has 1 fully saturated rings. The molecule has 2 atom stereocenters. The topological polar surface area (TPSA) is 46.3 Å². The Morgan fingerprint density at radius 1 is 1.25 bits per heavy atom. The lowest BCUT2D eigenvalue weighted by molar-refractivity contribution is -0.133. The van der Waals surface area contributed by atoms with Crippen LogP contribution in [0.4, 0.5) is 0 Å². The summed E-state index contributed by atoms with van der Waals surface area (Å²) in [6.45, 7) is 5.95. The number of carbonyl (C=O) groups is 1. The predicted octanol–water partition coefficient (Wildman–Crippen LogP) is 2.18. The number of nitrogens with two attached hydrogens (primary N) is 1. The molecular weight excluding hydrogens is 224 g/mol. The summed E-state index contributed by atoms with van der Waals surface area (Å²) < 4.78 is 0. The minimum Gasteiger partial charge on any atom is -0.341 e. The average molecular weight is 249 g/mol. The molecule has 3 nitrogen and oxygen atoms in total. The Labute approximate surface area is 105 Å². The summed E-state index contributed by atoms with van der Waals surface area (Å²) in [6, 6.07) is -0.298. The summed E-state index contributed by atoms with van der Waals surface area (Å²) in [6.07, 6.45) is 5.75. The highest BCUT2D eigenvalue weighted by molar-refractivity contribution is 5.85. The first-order valence-electron chi connectivity index (χ1n) is 6.21. The zero-order valence-electron chi connectivity index (χ0n) is 10.4. The summed E-state index contributed by atoms with van der Waals surface area (Å²) in [5.41, 5.74) is 5.96. The van der Waals surface area contributed by atoms with Crippen LogP contribution in [0.2, 0.25) is 0 Å². The van der Waals surface area contributed by atoms with E-state index in [1.54, 1.807) is 0 Å². The highest BCUT2D eigenvalue weighted by Crippen LogP contribution is 2.13. The molecule has 0 aromatic heterocycles. The Bertz CT molecular complexity index is 203. The summed E-state index contributed by atoms with van der Waals surface area (Å²) in [7, 11) is 0. The Morgan fingerprint density at radius 2 is 1.75 bits per heavy atom. The molecule has 0 aromatic carbocycles. The van der Waals surface area contributed by atoms with E-state index in [1.165, 1.54) is 12.8 Å². The Hall–Kier alpha value is -0.280. The molecule has 2 unspecified atom stereocenters. The summed E-state index contributed by atoms with van der Waals surface area (Å²) >= 11 is 0. The van der Waals surface area contributed by atoms with Gasteiger partial charge in [-0.1, -0.05) is 33.1 Å². The molecule has 0 aliphatic carbocycles. The lowest BCUT2D eigenvalue weighted by atomic mass is 9.99. The molecular formula is C12H25ClN2O. The van der Waals surface area contributed by atoms with Gasteiger partial charge in [-0.15, -0.1) is 12.4 Å². The Kier molecular flexibility index (Phi) is 7.77. The first-order valence-corrected chi connectivity index (χ1v) is 6.21. The number of rotatable bonds is 3. The smallest absolute Gasteiger partial charge is 0.239 e. The lowest BCUT2D eigenvalue weighted by Gasteiger charge is -2.26.